The third-order valence-electron chi connectivity index (χ3n) is 3.44. The fourth-order valence-corrected chi connectivity index (χ4v) is 3.16. The molecule has 26 heavy (non-hydrogen) atoms. The maximum absolute atomic E-state index is 12.9. The van der Waals surface area contributed by atoms with E-state index in [4.69, 9.17) is 11.6 Å². The quantitative estimate of drug-likeness (QED) is 0.654. The van der Waals surface area contributed by atoms with Crippen LogP contribution in [0.5, 0.6) is 0 Å². The molecule has 0 spiro atoms. The Morgan fingerprint density at radius 2 is 2.04 bits per heavy atom. The number of hydrogen-bond acceptors (Lipinski definition) is 4. The summed E-state index contributed by atoms with van der Waals surface area (Å²) >= 11 is 6.88. The number of benzene rings is 1. The normalized spacial score (nSPS) is 13.0. The van der Waals surface area contributed by atoms with Gasteiger partial charge in [-0.3, -0.25) is 9.20 Å². The topological polar surface area (TPSA) is 59.3 Å². The number of nitrogens with zero attached hydrogens (tertiary/aromatic N) is 3. The molecule has 2 aromatic heterocycles. The monoisotopic (exact) mass is 400 g/mol. The first-order chi connectivity index (χ1) is 12.2. The Morgan fingerprint density at radius 1 is 1.27 bits per heavy atom. The molecule has 0 fully saturated rings. The summed E-state index contributed by atoms with van der Waals surface area (Å²) in [7, 11) is 0. The van der Waals surface area contributed by atoms with Crippen LogP contribution in [-0.4, -0.2) is 25.8 Å². The number of rotatable bonds is 4. The smallest absolute Gasteiger partial charge is 0.325 e. The van der Waals surface area contributed by atoms with E-state index < -0.39 is 17.0 Å². The van der Waals surface area contributed by atoms with E-state index in [0.717, 1.165) is 24.0 Å². The Balaban J connectivity index is 1.78. The maximum atomic E-state index is 12.9. The van der Waals surface area contributed by atoms with Crippen molar-refractivity contribution in [2.45, 2.75) is 23.5 Å². The molecule has 5 nitrogen and oxygen atoms in total. The molecule has 0 radical (unpaired) electrons. The van der Waals surface area contributed by atoms with Gasteiger partial charge in [0, 0.05) is 16.9 Å². The Kier molecular flexibility index (Phi) is 5.10. The minimum Gasteiger partial charge on any atom is -0.325 e. The van der Waals surface area contributed by atoms with E-state index in [-0.39, 0.29) is 16.7 Å². The minimum absolute atomic E-state index is 0.194. The number of thioether (sulfide) groups is 1. The van der Waals surface area contributed by atoms with Crippen LogP contribution >= 0.6 is 23.4 Å². The largest absolute Gasteiger partial charge is 0.417 e. The zero-order valence-corrected chi connectivity index (χ0v) is 14.9. The Morgan fingerprint density at radius 3 is 2.73 bits per heavy atom. The molecule has 0 saturated heterocycles. The van der Waals surface area contributed by atoms with Gasteiger partial charge in [-0.1, -0.05) is 29.4 Å². The van der Waals surface area contributed by atoms with Crippen molar-refractivity contribution in [3.8, 4) is 0 Å². The number of halogens is 4. The third-order valence-corrected chi connectivity index (χ3v) is 4.73. The lowest BCUT2D eigenvalue weighted by molar-refractivity contribution is -0.137. The van der Waals surface area contributed by atoms with Gasteiger partial charge in [-0.05, 0) is 37.3 Å². The van der Waals surface area contributed by atoms with Crippen molar-refractivity contribution in [3.63, 3.8) is 0 Å². The predicted molar refractivity (Wildman–Crippen MR) is 93.4 cm³/mol. The molecule has 0 aliphatic heterocycles. The highest BCUT2D eigenvalue weighted by atomic mass is 35.5. The Labute approximate surface area is 155 Å². The summed E-state index contributed by atoms with van der Waals surface area (Å²) in [5.41, 5.74) is -0.0222. The van der Waals surface area contributed by atoms with Gasteiger partial charge >= 0.3 is 6.18 Å². The van der Waals surface area contributed by atoms with Gasteiger partial charge in [-0.15, -0.1) is 10.2 Å². The van der Waals surface area contributed by atoms with E-state index in [9.17, 15) is 18.0 Å². The van der Waals surface area contributed by atoms with Crippen LogP contribution in [0.25, 0.3) is 5.65 Å². The molecule has 10 heteroatoms. The van der Waals surface area contributed by atoms with E-state index >= 15 is 0 Å². The lowest BCUT2D eigenvalue weighted by Crippen LogP contribution is -2.22. The average molecular weight is 401 g/mol. The zero-order chi connectivity index (χ0) is 18.9. The fourth-order valence-electron chi connectivity index (χ4n) is 2.14. The number of anilines is 1. The molecule has 0 aliphatic carbocycles. The molecule has 2 heterocycles. The minimum atomic E-state index is -4.48. The van der Waals surface area contributed by atoms with Crippen LogP contribution in [0.1, 0.15) is 12.5 Å². The van der Waals surface area contributed by atoms with E-state index in [2.05, 4.69) is 15.5 Å². The van der Waals surface area contributed by atoms with Crippen LogP contribution < -0.4 is 5.32 Å². The van der Waals surface area contributed by atoms with Crippen molar-refractivity contribution in [2.24, 2.45) is 0 Å². The summed E-state index contributed by atoms with van der Waals surface area (Å²) in [6, 6.07) is 8.82. The first-order valence-electron chi connectivity index (χ1n) is 7.39. The summed E-state index contributed by atoms with van der Waals surface area (Å²) < 4.78 is 39.9. The summed E-state index contributed by atoms with van der Waals surface area (Å²) in [6.45, 7) is 1.62. The van der Waals surface area contributed by atoms with Crippen molar-refractivity contribution >= 4 is 40.6 Å². The van der Waals surface area contributed by atoms with Crippen molar-refractivity contribution in [3.05, 3.63) is 53.2 Å². The van der Waals surface area contributed by atoms with Crippen LogP contribution in [0.3, 0.4) is 0 Å². The summed E-state index contributed by atoms with van der Waals surface area (Å²) in [5, 5.41) is 10.4. The number of hydrogen-bond donors (Lipinski definition) is 1. The van der Waals surface area contributed by atoms with E-state index in [1.165, 1.54) is 10.5 Å². The first-order valence-corrected chi connectivity index (χ1v) is 8.65. The van der Waals surface area contributed by atoms with Crippen LogP contribution in [0.2, 0.25) is 5.02 Å². The van der Waals surface area contributed by atoms with E-state index in [0.29, 0.717) is 10.7 Å². The lowest BCUT2D eigenvalue weighted by Gasteiger charge is -2.12. The molecule has 1 amide bonds. The number of pyridine rings is 1. The first kappa shape index (κ1) is 18.5. The zero-order valence-electron chi connectivity index (χ0n) is 13.3. The van der Waals surface area contributed by atoms with Crippen LogP contribution in [0.4, 0.5) is 18.9 Å². The second kappa shape index (κ2) is 7.16. The number of nitrogens with one attached hydrogen (secondary N) is 1. The van der Waals surface area contributed by atoms with E-state index in [1.807, 2.05) is 0 Å². The van der Waals surface area contributed by atoms with Gasteiger partial charge in [-0.25, -0.2) is 0 Å². The molecule has 1 unspecified atom stereocenters. The Hall–Kier alpha value is -2.26. The molecule has 3 rings (SSSR count). The van der Waals surface area contributed by atoms with Crippen molar-refractivity contribution in [1.29, 1.82) is 0 Å². The predicted octanol–water partition coefficient (Wildman–Crippen LogP) is 4.52. The summed E-state index contributed by atoms with van der Waals surface area (Å²) in [6.07, 6.45) is -3.56. The third kappa shape index (κ3) is 4.10. The van der Waals surface area contributed by atoms with E-state index in [1.54, 1.807) is 31.2 Å². The molecule has 136 valence electrons. The van der Waals surface area contributed by atoms with Crippen LogP contribution in [0.15, 0.2) is 47.8 Å². The number of alkyl halides is 3. The standard InChI is InChI=1S/C16H12ClF3N4OS/c1-9(14(25)21-12-4-2-3-11(17)7-12)26-15-23-22-13-6-5-10(8-24(13)15)16(18,19)20/h2-9H,1H3,(H,21,25). The molecule has 1 atom stereocenters. The van der Waals surface area contributed by atoms with Gasteiger partial charge in [0.1, 0.15) is 0 Å². The van der Waals surface area contributed by atoms with Gasteiger partial charge in [0.15, 0.2) is 10.8 Å². The molecule has 0 bridgehead atoms. The van der Waals surface area contributed by atoms with Crippen LogP contribution in [-0.2, 0) is 11.0 Å². The molecule has 0 aliphatic rings. The van der Waals surface area contributed by atoms with Crippen LogP contribution in [0, 0.1) is 0 Å². The highest BCUT2D eigenvalue weighted by Crippen LogP contribution is 2.31. The van der Waals surface area contributed by atoms with Crippen molar-refractivity contribution in [2.75, 3.05) is 5.32 Å². The molecular weight excluding hydrogens is 389 g/mol. The summed E-state index contributed by atoms with van der Waals surface area (Å²) in [5.74, 6) is -0.332. The van der Waals surface area contributed by atoms with Gasteiger partial charge in [0.25, 0.3) is 0 Å². The Bertz CT molecular complexity index is 960. The second-order valence-electron chi connectivity index (χ2n) is 5.39. The molecule has 3 aromatic rings. The SMILES string of the molecule is CC(Sc1nnc2ccc(C(F)(F)F)cn12)C(=O)Nc1cccc(Cl)c1. The molecule has 0 saturated carbocycles. The fraction of sp³-hybridized carbons (Fsp3) is 0.188. The van der Waals surface area contributed by atoms with Gasteiger partial charge < -0.3 is 5.32 Å². The molecule has 1 N–H and O–H groups in total. The van der Waals surface area contributed by atoms with Gasteiger partial charge in [0.05, 0.1) is 10.8 Å². The lowest BCUT2D eigenvalue weighted by atomic mass is 10.3. The van der Waals surface area contributed by atoms with Crippen molar-refractivity contribution in [1.82, 2.24) is 14.6 Å². The number of fused-ring (bicyclic) bond motifs is 1. The highest BCUT2D eigenvalue weighted by Gasteiger charge is 2.31. The summed E-state index contributed by atoms with van der Waals surface area (Å²) in [4.78, 5) is 12.3. The van der Waals surface area contributed by atoms with Gasteiger partial charge in [0.2, 0.25) is 5.91 Å². The number of aromatic nitrogens is 3. The highest BCUT2D eigenvalue weighted by molar-refractivity contribution is 8.00. The van der Waals surface area contributed by atoms with Gasteiger partial charge in [-0.2, -0.15) is 13.2 Å². The molecular formula is C16H12ClF3N4OS. The van der Waals surface area contributed by atoms with Crippen molar-refractivity contribution < 1.29 is 18.0 Å². The number of carbonyl (C=O) groups is 1. The number of amides is 1. The second-order valence-corrected chi connectivity index (χ2v) is 7.13. The number of carbonyl (C=O) groups excluding carboxylic acids is 1. The maximum Gasteiger partial charge on any atom is 0.417 e. The average Bonchev–Trinajstić information content (AvgIpc) is 2.96. The molecule has 1 aromatic carbocycles.